The van der Waals surface area contributed by atoms with Crippen LogP contribution in [0.2, 0.25) is 0 Å². The van der Waals surface area contributed by atoms with Gasteiger partial charge >= 0.3 is 0 Å². The third-order valence-electron chi connectivity index (χ3n) is 4.92. The molecule has 0 aromatic heterocycles. The lowest BCUT2D eigenvalue weighted by Crippen LogP contribution is -2.45. The van der Waals surface area contributed by atoms with Gasteiger partial charge in [0, 0.05) is 37.0 Å². The lowest BCUT2D eigenvalue weighted by atomic mass is 9.85. The van der Waals surface area contributed by atoms with E-state index in [1.54, 1.807) is 12.1 Å². The number of rotatable bonds is 6. The van der Waals surface area contributed by atoms with Crippen LogP contribution in [0.15, 0.2) is 29.3 Å². The fraction of sp³-hybridized carbons (Fsp3) is 0.619. The molecule has 1 heterocycles. The Morgan fingerprint density at radius 2 is 2.11 bits per heavy atom. The van der Waals surface area contributed by atoms with Crippen LogP contribution >= 0.6 is 24.0 Å². The zero-order chi connectivity index (χ0) is 20.0. The number of nitrogens with zero attached hydrogens (tertiary/aromatic N) is 2. The minimum atomic E-state index is -0.278. The van der Waals surface area contributed by atoms with E-state index in [0.717, 1.165) is 31.0 Å². The molecule has 1 fully saturated rings. The summed E-state index contributed by atoms with van der Waals surface area (Å²) in [5.41, 5.74) is 0.649. The van der Waals surface area contributed by atoms with Gasteiger partial charge in [-0.05, 0) is 31.0 Å². The molecule has 1 aromatic rings. The van der Waals surface area contributed by atoms with E-state index in [1.165, 1.54) is 6.07 Å². The van der Waals surface area contributed by atoms with Gasteiger partial charge in [0.25, 0.3) is 0 Å². The van der Waals surface area contributed by atoms with Crippen molar-refractivity contribution < 1.29 is 9.18 Å². The van der Waals surface area contributed by atoms with Crippen molar-refractivity contribution in [3.63, 3.8) is 0 Å². The minimum Gasteiger partial charge on any atom is -0.357 e. The second kappa shape index (κ2) is 11.0. The van der Waals surface area contributed by atoms with E-state index in [9.17, 15) is 9.18 Å². The summed E-state index contributed by atoms with van der Waals surface area (Å²) >= 11 is 0. The monoisotopic (exact) mass is 504 g/mol. The number of hydrogen-bond acceptors (Lipinski definition) is 2. The van der Waals surface area contributed by atoms with Crippen LogP contribution < -0.4 is 10.6 Å². The molecule has 5 nitrogen and oxygen atoms in total. The average Bonchev–Trinajstić information content (AvgIpc) is 3.07. The van der Waals surface area contributed by atoms with Crippen LogP contribution in [0.25, 0.3) is 0 Å². The first-order chi connectivity index (χ1) is 12.7. The summed E-state index contributed by atoms with van der Waals surface area (Å²) in [7, 11) is 0. The molecule has 0 saturated carbocycles. The Hall–Kier alpha value is -1.38. The molecule has 1 unspecified atom stereocenters. The molecule has 1 amide bonds. The van der Waals surface area contributed by atoms with E-state index >= 15 is 0 Å². The van der Waals surface area contributed by atoms with E-state index in [0.29, 0.717) is 13.1 Å². The molecule has 0 spiro atoms. The normalized spacial score (nSPS) is 17.5. The summed E-state index contributed by atoms with van der Waals surface area (Å²) in [4.78, 5) is 18.8. The number of halogens is 2. The third-order valence-corrected chi connectivity index (χ3v) is 4.92. The highest BCUT2D eigenvalue weighted by Crippen LogP contribution is 2.24. The largest absolute Gasteiger partial charge is 0.357 e. The molecule has 0 bridgehead atoms. The highest BCUT2D eigenvalue weighted by atomic mass is 127. The molecular weight excluding hydrogens is 470 g/mol. The Morgan fingerprint density at radius 3 is 2.71 bits per heavy atom. The highest BCUT2D eigenvalue weighted by molar-refractivity contribution is 14.0. The first kappa shape index (κ1) is 24.7. The SMILES string of the molecule is CCNC(=NCC(C)(C)c1cccc(F)c1)NC1CCN(C(=O)C(C)C)C1.I. The summed E-state index contributed by atoms with van der Waals surface area (Å²) < 4.78 is 13.6. The number of nitrogens with one attached hydrogen (secondary N) is 2. The maximum atomic E-state index is 13.6. The Morgan fingerprint density at radius 1 is 1.39 bits per heavy atom. The van der Waals surface area contributed by atoms with E-state index in [2.05, 4.69) is 24.5 Å². The molecule has 2 N–H and O–H groups in total. The highest BCUT2D eigenvalue weighted by Gasteiger charge is 2.28. The summed E-state index contributed by atoms with van der Waals surface area (Å²) in [6.45, 7) is 12.8. The van der Waals surface area contributed by atoms with Crippen molar-refractivity contribution in [2.24, 2.45) is 10.9 Å². The van der Waals surface area contributed by atoms with Crippen molar-refractivity contribution in [2.75, 3.05) is 26.2 Å². The van der Waals surface area contributed by atoms with E-state index in [-0.39, 0.29) is 53.1 Å². The summed E-state index contributed by atoms with van der Waals surface area (Å²) in [5.74, 6) is 0.743. The van der Waals surface area contributed by atoms with Crippen LogP contribution in [0.1, 0.15) is 46.6 Å². The molecule has 7 heteroatoms. The number of likely N-dealkylation sites (tertiary alicyclic amines) is 1. The first-order valence-corrected chi connectivity index (χ1v) is 9.82. The number of benzene rings is 1. The molecular formula is C21H34FIN4O. The van der Waals surface area contributed by atoms with E-state index in [4.69, 9.17) is 4.99 Å². The van der Waals surface area contributed by atoms with Crippen molar-refractivity contribution in [1.29, 1.82) is 0 Å². The summed E-state index contributed by atoms with van der Waals surface area (Å²) in [5, 5.41) is 6.72. The van der Waals surface area contributed by atoms with Crippen LogP contribution in [-0.4, -0.2) is 49.0 Å². The van der Waals surface area contributed by atoms with Crippen molar-refractivity contribution in [1.82, 2.24) is 15.5 Å². The number of aliphatic imine (C=N–C) groups is 1. The number of hydrogen-bond donors (Lipinski definition) is 2. The van der Waals surface area contributed by atoms with Gasteiger partial charge in [-0.2, -0.15) is 0 Å². The first-order valence-electron chi connectivity index (χ1n) is 9.82. The molecule has 1 aliphatic heterocycles. The maximum Gasteiger partial charge on any atom is 0.225 e. The Balaban J connectivity index is 0.00000392. The minimum absolute atomic E-state index is 0. The van der Waals surface area contributed by atoms with Crippen LogP contribution in [0.3, 0.4) is 0 Å². The fourth-order valence-corrected chi connectivity index (χ4v) is 3.23. The second-order valence-electron chi connectivity index (χ2n) is 8.16. The summed E-state index contributed by atoms with van der Waals surface area (Å²) in [6, 6.07) is 6.90. The Kier molecular flexibility index (Phi) is 9.66. The topological polar surface area (TPSA) is 56.7 Å². The van der Waals surface area contributed by atoms with E-state index < -0.39 is 0 Å². The number of carbonyl (C=O) groups is 1. The summed E-state index contributed by atoms with van der Waals surface area (Å²) in [6.07, 6.45) is 0.913. The molecule has 1 saturated heterocycles. The standard InChI is InChI=1S/C21H33FN4O.HI/c1-6-23-20(25-18-10-11-26(13-18)19(27)15(2)3)24-14-21(4,5)16-8-7-9-17(22)12-16;/h7-9,12,15,18H,6,10-11,13-14H2,1-5H3,(H2,23,24,25);1H. The van der Waals surface area contributed by atoms with Gasteiger partial charge < -0.3 is 15.5 Å². The van der Waals surface area contributed by atoms with Crippen LogP contribution in [-0.2, 0) is 10.2 Å². The van der Waals surface area contributed by atoms with Crippen molar-refractivity contribution in [2.45, 2.75) is 52.5 Å². The third kappa shape index (κ3) is 6.90. The van der Waals surface area contributed by atoms with Gasteiger partial charge in [0.2, 0.25) is 5.91 Å². The Bertz CT molecular complexity index is 678. The van der Waals surface area contributed by atoms with Gasteiger partial charge in [-0.15, -0.1) is 24.0 Å². The zero-order valence-corrected chi connectivity index (χ0v) is 19.9. The average molecular weight is 504 g/mol. The van der Waals surface area contributed by atoms with Gasteiger partial charge in [-0.25, -0.2) is 4.39 Å². The van der Waals surface area contributed by atoms with Gasteiger partial charge in [-0.1, -0.05) is 39.8 Å². The van der Waals surface area contributed by atoms with Crippen molar-refractivity contribution in [3.8, 4) is 0 Å². The Labute approximate surface area is 185 Å². The van der Waals surface area contributed by atoms with Crippen LogP contribution in [0, 0.1) is 11.7 Å². The van der Waals surface area contributed by atoms with Gasteiger partial charge in [0.05, 0.1) is 6.54 Å². The predicted molar refractivity (Wildman–Crippen MR) is 124 cm³/mol. The fourth-order valence-electron chi connectivity index (χ4n) is 3.23. The molecule has 0 aliphatic carbocycles. The van der Waals surface area contributed by atoms with Crippen LogP contribution in [0.4, 0.5) is 4.39 Å². The second-order valence-corrected chi connectivity index (χ2v) is 8.16. The van der Waals surface area contributed by atoms with Crippen LogP contribution in [0.5, 0.6) is 0 Å². The molecule has 1 atom stereocenters. The molecule has 1 aliphatic rings. The number of guanidine groups is 1. The zero-order valence-electron chi connectivity index (χ0n) is 17.6. The lowest BCUT2D eigenvalue weighted by molar-refractivity contribution is -0.133. The molecule has 28 heavy (non-hydrogen) atoms. The molecule has 1 aromatic carbocycles. The van der Waals surface area contributed by atoms with Gasteiger partial charge in [-0.3, -0.25) is 9.79 Å². The quantitative estimate of drug-likeness (QED) is 0.354. The molecule has 0 radical (unpaired) electrons. The maximum absolute atomic E-state index is 13.6. The number of carbonyl (C=O) groups excluding carboxylic acids is 1. The predicted octanol–water partition coefficient (Wildman–Crippen LogP) is 3.53. The molecule has 2 rings (SSSR count). The lowest BCUT2D eigenvalue weighted by Gasteiger charge is -2.25. The van der Waals surface area contributed by atoms with Crippen molar-refractivity contribution >= 4 is 35.8 Å². The molecule has 158 valence electrons. The van der Waals surface area contributed by atoms with E-state index in [1.807, 2.05) is 31.7 Å². The van der Waals surface area contributed by atoms with Gasteiger partial charge in [0.1, 0.15) is 5.82 Å². The van der Waals surface area contributed by atoms with Crippen molar-refractivity contribution in [3.05, 3.63) is 35.6 Å². The number of amides is 1. The van der Waals surface area contributed by atoms with Gasteiger partial charge in [0.15, 0.2) is 5.96 Å². The smallest absolute Gasteiger partial charge is 0.225 e.